The van der Waals surface area contributed by atoms with Crippen molar-refractivity contribution in [3.8, 4) is 0 Å². The molecule has 0 bridgehead atoms. The van der Waals surface area contributed by atoms with Gasteiger partial charge < -0.3 is 0 Å². The maximum absolute atomic E-state index is 2.47. The lowest BCUT2D eigenvalue weighted by molar-refractivity contribution is 0.177. The first-order chi connectivity index (χ1) is 7.18. The summed E-state index contributed by atoms with van der Waals surface area (Å²) >= 11 is 0. The van der Waals surface area contributed by atoms with E-state index >= 15 is 0 Å². The third-order valence-corrected chi connectivity index (χ3v) is 5.18. The Balaban J connectivity index is 1.48. The van der Waals surface area contributed by atoms with Gasteiger partial charge >= 0.3 is 0 Å². The molecule has 2 rings (SSSR count). The SMILES string of the molecule is CC1CCC1CCCCC(C)C1CC1C. The second kappa shape index (κ2) is 4.89. The summed E-state index contributed by atoms with van der Waals surface area (Å²) in [6, 6.07) is 0. The van der Waals surface area contributed by atoms with Crippen LogP contribution >= 0.6 is 0 Å². The van der Waals surface area contributed by atoms with Gasteiger partial charge in [-0.3, -0.25) is 0 Å². The van der Waals surface area contributed by atoms with Crippen LogP contribution in [0.25, 0.3) is 0 Å². The van der Waals surface area contributed by atoms with Crippen LogP contribution in [0.5, 0.6) is 0 Å². The quantitative estimate of drug-likeness (QED) is 0.545. The average molecular weight is 208 g/mol. The van der Waals surface area contributed by atoms with Crippen LogP contribution in [0.1, 0.15) is 65.7 Å². The lowest BCUT2D eigenvalue weighted by Crippen LogP contribution is -2.22. The van der Waals surface area contributed by atoms with E-state index in [-0.39, 0.29) is 0 Å². The van der Waals surface area contributed by atoms with Gasteiger partial charge in [-0.2, -0.15) is 0 Å². The first-order valence-corrected chi connectivity index (χ1v) is 7.18. The zero-order chi connectivity index (χ0) is 10.8. The van der Waals surface area contributed by atoms with Crippen LogP contribution in [0.3, 0.4) is 0 Å². The zero-order valence-electron chi connectivity index (χ0n) is 10.8. The van der Waals surface area contributed by atoms with Crippen molar-refractivity contribution < 1.29 is 0 Å². The molecule has 88 valence electrons. The lowest BCUT2D eigenvalue weighted by atomic mass is 9.72. The van der Waals surface area contributed by atoms with Crippen LogP contribution in [-0.2, 0) is 0 Å². The minimum atomic E-state index is 1.01. The number of hydrogen-bond donors (Lipinski definition) is 0. The molecular formula is C15H28. The number of rotatable bonds is 6. The molecule has 0 nitrogen and oxygen atoms in total. The fraction of sp³-hybridized carbons (Fsp3) is 1.00. The van der Waals surface area contributed by atoms with Gasteiger partial charge in [-0.15, -0.1) is 0 Å². The van der Waals surface area contributed by atoms with Crippen molar-refractivity contribution in [3.05, 3.63) is 0 Å². The standard InChI is InChI=1S/C15H28/c1-11-8-9-14(11)7-5-4-6-12(2)15-10-13(15)3/h11-15H,4-10H2,1-3H3. The van der Waals surface area contributed by atoms with Crippen LogP contribution in [0.15, 0.2) is 0 Å². The van der Waals surface area contributed by atoms with Crippen molar-refractivity contribution >= 4 is 0 Å². The van der Waals surface area contributed by atoms with E-state index in [1.165, 1.54) is 44.9 Å². The number of hydrogen-bond acceptors (Lipinski definition) is 0. The summed E-state index contributed by atoms with van der Waals surface area (Å²) in [5.74, 6) is 5.30. The predicted octanol–water partition coefficient (Wildman–Crippen LogP) is 4.89. The molecular weight excluding hydrogens is 180 g/mol. The molecule has 0 heterocycles. The molecule has 0 radical (unpaired) electrons. The van der Waals surface area contributed by atoms with Crippen molar-refractivity contribution in [2.24, 2.45) is 29.6 Å². The van der Waals surface area contributed by atoms with Gasteiger partial charge in [0.25, 0.3) is 0 Å². The highest BCUT2D eigenvalue weighted by Gasteiger charge is 2.36. The third-order valence-electron chi connectivity index (χ3n) is 5.18. The smallest absolute Gasteiger partial charge is 0.0360 e. The molecule has 2 aliphatic carbocycles. The maximum atomic E-state index is 2.47. The van der Waals surface area contributed by atoms with Gasteiger partial charge in [-0.05, 0) is 42.4 Å². The summed E-state index contributed by atoms with van der Waals surface area (Å²) in [6.07, 6.45) is 10.6. The van der Waals surface area contributed by atoms with Gasteiger partial charge in [0.15, 0.2) is 0 Å². The summed E-state index contributed by atoms with van der Waals surface area (Å²) in [4.78, 5) is 0. The van der Waals surface area contributed by atoms with Gasteiger partial charge in [0.1, 0.15) is 0 Å². The topological polar surface area (TPSA) is 0 Å². The highest BCUT2D eigenvalue weighted by atomic mass is 14.4. The summed E-state index contributed by atoms with van der Waals surface area (Å²) < 4.78 is 0. The molecule has 2 aliphatic rings. The Morgan fingerprint density at radius 3 is 2.27 bits per heavy atom. The van der Waals surface area contributed by atoms with Crippen LogP contribution in [0, 0.1) is 29.6 Å². The Hall–Kier alpha value is 0. The van der Waals surface area contributed by atoms with Gasteiger partial charge in [-0.1, -0.05) is 52.9 Å². The van der Waals surface area contributed by atoms with E-state index in [0.717, 1.165) is 29.6 Å². The first kappa shape index (κ1) is 11.5. The van der Waals surface area contributed by atoms with Gasteiger partial charge in [0.2, 0.25) is 0 Å². The van der Waals surface area contributed by atoms with Crippen molar-refractivity contribution in [2.75, 3.05) is 0 Å². The van der Waals surface area contributed by atoms with Crippen LogP contribution < -0.4 is 0 Å². The average Bonchev–Trinajstić information content (AvgIpc) is 2.92. The Kier molecular flexibility index (Phi) is 3.74. The van der Waals surface area contributed by atoms with E-state index in [9.17, 15) is 0 Å². The molecule has 0 heteroatoms. The molecule has 0 spiro atoms. The van der Waals surface area contributed by atoms with Gasteiger partial charge in [0, 0.05) is 0 Å². The normalized spacial score (nSPS) is 41.0. The highest BCUT2D eigenvalue weighted by Crippen LogP contribution is 2.45. The first-order valence-electron chi connectivity index (χ1n) is 7.18. The van der Waals surface area contributed by atoms with Crippen molar-refractivity contribution in [3.63, 3.8) is 0 Å². The third kappa shape index (κ3) is 2.98. The Morgan fingerprint density at radius 2 is 1.80 bits per heavy atom. The van der Waals surface area contributed by atoms with Crippen LogP contribution in [-0.4, -0.2) is 0 Å². The molecule has 0 amide bonds. The summed E-state index contributed by atoms with van der Waals surface area (Å²) in [7, 11) is 0. The maximum Gasteiger partial charge on any atom is -0.0360 e. The second-order valence-corrected chi connectivity index (χ2v) is 6.45. The molecule has 2 fully saturated rings. The van der Waals surface area contributed by atoms with E-state index in [0.29, 0.717) is 0 Å². The van der Waals surface area contributed by atoms with Crippen molar-refractivity contribution in [2.45, 2.75) is 65.7 Å². The molecule has 5 unspecified atom stereocenters. The fourth-order valence-corrected chi connectivity index (χ4v) is 3.40. The second-order valence-electron chi connectivity index (χ2n) is 6.45. The van der Waals surface area contributed by atoms with E-state index < -0.39 is 0 Å². The van der Waals surface area contributed by atoms with Gasteiger partial charge in [0.05, 0.1) is 0 Å². The van der Waals surface area contributed by atoms with E-state index in [1.807, 2.05) is 0 Å². The molecule has 0 aromatic rings. The minimum Gasteiger partial charge on any atom is -0.0622 e. The molecule has 15 heavy (non-hydrogen) atoms. The van der Waals surface area contributed by atoms with Crippen LogP contribution in [0.4, 0.5) is 0 Å². The van der Waals surface area contributed by atoms with Crippen LogP contribution in [0.2, 0.25) is 0 Å². The largest absolute Gasteiger partial charge is 0.0622 e. The summed E-state index contributed by atoms with van der Waals surface area (Å²) in [5.41, 5.74) is 0. The summed E-state index contributed by atoms with van der Waals surface area (Å²) in [6.45, 7) is 7.32. The molecule has 0 saturated heterocycles. The molecule has 2 saturated carbocycles. The minimum absolute atomic E-state index is 1.01. The monoisotopic (exact) mass is 208 g/mol. The lowest BCUT2D eigenvalue weighted by Gasteiger charge is -2.34. The Morgan fingerprint density at radius 1 is 1.07 bits per heavy atom. The van der Waals surface area contributed by atoms with Crippen molar-refractivity contribution in [1.29, 1.82) is 0 Å². The van der Waals surface area contributed by atoms with E-state index in [2.05, 4.69) is 20.8 Å². The Bertz CT molecular complexity index is 196. The predicted molar refractivity (Wildman–Crippen MR) is 66.8 cm³/mol. The van der Waals surface area contributed by atoms with E-state index in [1.54, 1.807) is 0 Å². The van der Waals surface area contributed by atoms with E-state index in [4.69, 9.17) is 0 Å². The molecule has 0 N–H and O–H groups in total. The zero-order valence-corrected chi connectivity index (χ0v) is 10.8. The number of unbranched alkanes of at least 4 members (excludes halogenated alkanes) is 1. The van der Waals surface area contributed by atoms with Crippen molar-refractivity contribution in [1.82, 2.24) is 0 Å². The molecule has 5 atom stereocenters. The van der Waals surface area contributed by atoms with Gasteiger partial charge in [-0.25, -0.2) is 0 Å². The summed E-state index contributed by atoms with van der Waals surface area (Å²) in [5, 5.41) is 0. The molecule has 0 aromatic heterocycles. The molecule has 0 aromatic carbocycles. The highest BCUT2D eigenvalue weighted by molar-refractivity contribution is 4.86. The molecule has 0 aliphatic heterocycles. The Labute approximate surface area is 95.8 Å². The fourth-order valence-electron chi connectivity index (χ4n) is 3.40.